The molecule has 1 atom stereocenters. The van der Waals surface area contributed by atoms with Crippen molar-refractivity contribution in [2.24, 2.45) is 15.7 Å². The van der Waals surface area contributed by atoms with Crippen molar-refractivity contribution in [1.29, 1.82) is 0 Å². The molecular formula is C17H17ClN4O2. The Morgan fingerprint density at radius 2 is 2.08 bits per heavy atom. The topological polar surface area (TPSA) is 80.3 Å². The Kier molecular flexibility index (Phi) is 4.40. The van der Waals surface area contributed by atoms with Gasteiger partial charge in [-0.3, -0.25) is 0 Å². The number of hydrogen-bond donors (Lipinski definition) is 1. The standard InChI is InChI=1S/C17H17ClN4O2/c1-3-24-17(23)12-10(2)21-16-13(19)15(18)20-9-22(16)14(12)11-7-5-4-6-8-11/h4-9,14H,3,19H2,1-2H3. The fourth-order valence-electron chi connectivity index (χ4n) is 2.76. The van der Waals surface area contributed by atoms with Crippen molar-refractivity contribution in [2.45, 2.75) is 19.9 Å². The Morgan fingerprint density at radius 1 is 1.38 bits per heavy atom. The molecule has 0 saturated heterocycles. The number of fused-ring (bicyclic) bond motifs is 1. The van der Waals surface area contributed by atoms with Crippen LogP contribution in [0.1, 0.15) is 25.5 Å². The molecular weight excluding hydrogens is 328 g/mol. The van der Waals surface area contributed by atoms with Crippen LogP contribution in [0.15, 0.2) is 62.4 Å². The maximum atomic E-state index is 12.5. The zero-order valence-corrected chi connectivity index (χ0v) is 14.1. The van der Waals surface area contributed by atoms with Gasteiger partial charge in [-0.15, -0.1) is 0 Å². The van der Waals surface area contributed by atoms with Gasteiger partial charge in [-0.1, -0.05) is 41.9 Å². The number of carbonyl (C=O) groups excluding carboxylic acids is 1. The number of allylic oxidation sites excluding steroid dienone is 1. The number of halogens is 1. The van der Waals surface area contributed by atoms with E-state index in [0.717, 1.165) is 5.56 Å². The number of rotatable bonds is 3. The van der Waals surface area contributed by atoms with Gasteiger partial charge in [0, 0.05) is 0 Å². The maximum absolute atomic E-state index is 12.5. The molecule has 0 aliphatic carbocycles. The summed E-state index contributed by atoms with van der Waals surface area (Å²) in [5.74, 6) is 0.0775. The summed E-state index contributed by atoms with van der Waals surface area (Å²) in [7, 11) is 0. The van der Waals surface area contributed by atoms with E-state index in [4.69, 9.17) is 22.1 Å². The Labute approximate surface area is 145 Å². The number of esters is 1. The van der Waals surface area contributed by atoms with E-state index in [1.165, 1.54) is 0 Å². The van der Waals surface area contributed by atoms with Crippen LogP contribution < -0.4 is 5.73 Å². The molecule has 0 amide bonds. The van der Waals surface area contributed by atoms with Crippen LogP contribution in [0, 0.1) is 0 Å². The van der Waals surface area contributed by atoms with Crippen molar-refractivity contribution in [3.8, 4) is 0 Å². The number of benzene rings is 1. The van der Waals surface area contributed by atoms with Crippen LogP contribution in [0.5, 0.6) is 0 Å². The molecule has 124 valence electrons. The molecule has 2 N–H and O–H groups in total. The Balaban J connectivity index is 2.18. The minimum atomic E-state index is -0.426. The summed E-state index contributed by atoms with van der Waals surface area (Å²) < 4.78 is 5.22. The van der Waals surface area contributed by atoms with E-state index in [0.29, 0.717) is 17.1 Å². The fraction of sp³-hybridized carbons (Fsp3) is 0.235. The average Bonchev–Trinajstić information content (AvgIpc) is 2.58. The largest absolute Gasteiger partial charge is 0.463 e. The molecule has 1 aromatic rings. The first-order valence-electron chi connectivity index (χ1n) is 7.54. The van der Waals surface area contributed by atoms with Gasteiger partial charge in [0.05, 0.1) is 30.3 Å². The summed E-state index contributed by atoms with van der Waals surface area (Å²) in [6.07, 6.45) is 1.54. The second-order valence-electron chi connectivity index (χ2n) is 5.32. The molecule has 2 aliphatic rings. The quantitative estimate of drug-likeness (QED) is 0.675. The lowest BCUT2D eigenvalue weighted by Gasteiger charge is -2.37. The van der Waals surface area contributed by atoms with E-state index in [1.807, 2.05) is 30.3 Å². The van der Waals surface area contributed by atoms with Gasteiger partial charge < -0.3 is 15.4 Å². The van der Waals surface area contributed by atoms with Crippen LogP contribution in [-0.4, -0.2) is 29.7 Å². The molecule has 0 fully saturated rings. The fourth-order valence-corrected chi connectivity index (χ4v) is 2.89. The van der Waals surface area contributed by atoms with Crippen molar-refractivity contribution in [2.75, 3.05) is 6.61 Å². The smallest absolute Gasteiger partial charge is 0.338 e. The number of nitrogens with zero attached hydrogens (tertiary/aromatic N) is 3. The number of aliphatic imine (C=N–C) groups is 2. The number of nitrogens with two attached hydrogens (primary N) is 1. The summed E-state index contributed by atoms with van der Waals surface area (Å²) in [5, 5.41) is 0.184. The van der Waals surface area contributed by atoms with Crippen LogP contribution in [0.25, 0.3) is 0 Å². The molecule has 0 aromatic heterocycles. The van der Waals surface area contributed by atoms with Crippen molar-refractivity contribution in [3.63, 3.8) is 0 Å². The van der Waals surface area contributed by atoms with Crippen molar-refractivity contribution < 1.29 is 9.53 Å². The van der Waals surface area contributed by atoms with Crippen molar-refractivity contribution in [1.82, 2.24) is 4.90 Å². The van der Waals surface area contributed by atoms with E-state index in [1.54, 1.807) is 25.1 Å². The Morgan fingerprint density at radius 3 is 2.75 bits per heavy atom. The molecule has 1 unspecified atom stereocenters. The second kappa shape index (κ2) is 6.49. The van der Waals surface area contributed by atoms with E-state index in [-0.39, 0.29) is 17.5 Å². The van der Waals surface area contributed by atoms with Crippen LogP contribution in [0.3, 0.4) is 0 Å². The minimum absolute atomic E-state index is 0.184. The third-order valence-electron chi connectivity index (χ3n) is 3.83. The lowest BCUT2D eigenvalue weighted by atomic mass is 9.93. The molecule has 7 heteroatoms. The van der Waals surface area contributed by atoms with Gasteiger partial charge >= 0.3 is 5.97 Å². The lowest BCUT2D eigenvalue weighted by Crippen LogP contribution is -2.43. The third kappa shape index (κ3) is 2.69. The van der Waals surface area contributed by atoms with Gasteiger partial charge in [-0.25, -0.2) is 14.8 Å². The second-order valence-corrected chi connectivity index (χ2v) is 5.68. The third-order valence-corrected chi connectivity index (χ3v) is 4.13. The summed E-state index contributed by atoms with van der Waals surface area (Å²) in [4.78, 5) is 22.8. The first kappa shape index (κ1) is 16.3. The summed E-state index contributed by atoms with van der Waals surface area (Å²) in [5.41, 5.74) is 8.24. The SMILES string of the molecule is CCOC(=O)C1=C(C)N=C2C(N)=C(Cl)N=CN2C1c1ccccc1. The first-order chi connectivity index (χ1) is 11.5. The molecule has 2 heterocycles. The lowest BCUT2D eigenvalue weighted by molar-refractivity contribution is -0.139. The van der Waals surface area contributed by atoms with Gasteiger partial charge in [-0.05, 0) is 19.4 Å². The number of carbonyl (C=O) groups is 1. The summed E-state index contributed by atoms with van der Waals surface area (Å²) in [6.45, 7) is 3.82. The molecule has 0 bridgehead atoms. The van der Waals surface area contributed by atoms with Crippen LogP contribution in [0.4, 0.5) is 0 Å². The highest BCUT2D eigenvalue weighted by atomic mass is 35.5. The Hall–Kier alpha value is -2.60. The molecule has 1 aromatic carbocycles. The molecule has 24 heavy (non-hydrogen) atoms. The monoisotopic (exact) mass is 344 g/mol. The highest BCUT2D eigenvalue weighted by molar-refractivity contribution is 6.33. The molecule has 6 nitrogen and oxygen atoms in total. The molecule has 0 radical (unpaired) electrons. The number of ether oxygens (including phenoxy) is 1. The average molecular weight is 345 g/mol. The Bertz CT molecular complexity index is 796. The highest BCUT2D eigenvalue weighted by Crippen LogP contribution is 2.37. The van der Waals surface area contributed by atoms with Crippen LogP contribution >= 0.6 is 11.6 Å². The molecule has 2 aliphatic heterocycles. The van der Waals surface area contributed by atoms with E-state index in [9.17, 15) is 4.79 Å². The molecule has 3 rings (SSSR count). The molecule has 0 spiro atoms. The van der Waals surface area contributed by atoms with Crippen molar-refractivity contribution >= 4 is 29.7 Å². The first-order valence-corrected chi connectivity index (χ1v) is 7.92. The van der Waals surface area contributed by atoms with Gasteiger partial charge in [0.25, 0.3) is 0 Å². The minimum Gasteiger partial charge on any atom is -0.463 e. The van der Waals surface area contributed by atoms with Crippen LogP contribution in [-0.2, 0) is 9.53 Å². The number of amidine groups is 1. The maximum Gasteiger partial charge on any atom is 0.338 e. The van der Waals surface area contributed by atoms with Gasteiger partial charge in [0.2, 0.25) is 0 Å². The zero-order valence-electron chi connectivity index (χ0n) is 13.4. The van der Waals surface area contributed by atoms with Gasteiger partial charge in [0.1, 0.15) is 5.70 Å². The normalized spacial score (nSPS) is 20.0. The van der Waals surface area contributed by atoms with E-state index >= 15 is 0 Å². The highest BCUT2D eigenvalue weighted by Gasteiger charge is 2.38. The predicted molar refractivity (Wildman–Crippen MR) is 93.3 cm³/mol. The number of hydrogen-bond acceptors (Lipinski definition) is 6. The van der Waals surface area contributed by atoms with E-state index < -0.39 is 12.0 Å². The van der Waals surface area contributed by atoms with E-state index in [2.05, 4.69) is 9.98 Å². The van der Waals surface area contributed by atoms with Gasteiger partial charge in [-0.2, -0.15) is 0 Å². The predicted octanol–water partition coefficient (Wildman–Crippen LogP) is 2.69. The van der Waals surface area contributed by atoms with Crippen molar-refractivity contribution in [3.05, 3.63) is 58.0 Å². The zero-order chi connectivity index (χ0) is 17.3. The van der Waals surface area contributed by atoms with Gasteiger partial charge in [0.15, 0.2) is 11.0 Å². The summed E-state index contributed by atoms with van der Waals surface area (Å²) >= 11 is 6.02. The van der Waals surface area contributed by atoms with Crippen LogP contribution in [0.2, 0.25) is 0 Å². The molecule has 0 saturated carbocycles. The summed E-state index contributed by atoms with van der Waals surface area (Å²) in [6, 6.07) is 9.17.